The fourth-order valence-corrected chi connectivity index (χ4v) is 3.54. The lowest BCUT2D eigenvalue weighted by atomic mass is 10.1. The number of benzene rings is 2. The summed E-state index contributed by atoms with van der Waals surface area (Å²) >= 11 is 0. The Morgan fingerprint density at radius 3 is 1.93 bits per heavy atom. The second-order valence-corrected chi connectivity index (χ2v) is 7.15. The molecule has 0 bridgehead atoms. The fourth-order valence-electron chi connectivity index (χ4n) is 3.54. The monoisotopic (exact) mass is 396 g/mol. The molecule has 0 saturated carbocycles. The quantitative estimate of drug-likeness (QED) is 0.412. The van der Waals surface area contributed by atoms with Gasteiger partial charge in [-0.15, -0.1) is 0 Å². The smallest absolute Gasteiger partial charge is 0.151 e. The van der Waals surface area contributed by atoms with Crippen molar-refractivity contribution in [2.45, 2.75) is 31.0 Å². The van der Waals surface area contributed by atoms with Gasteiger partial charge < -0.3 is 30.4 Å². The van der Waals surface area contributed by atoms with Gasteiger partial charge in [0.15, 0.2) is 6.10 Å². The number of nitrogens with two attached hydrogens (primary N) is 2. The zero-order chi connectivity index (χ0) is 20.4. The molecule has 152 valence electrons. The van der Waals surface area contributed by atoms with Crippen LogP contribution in [0, 0.1) is 10.8 Å². The first-order valence-electron chi connectivity index (χ1n) is 9.40. The first-order chi connectivity index (χ1) is 14.0. The molecule has 29 heavy (non-hydrogen) atoms. The van der Waals surface area contributed by atoms with Gasteiger partial charge >= 0.3 is 0 Å². The molecule has 0 aromatic heterocycles. The molecule has 0 radical (unpaired) electrons. The van der Waals surface area contributed by atoms with E-state index < -0.39 is 0 Å². The molecule has 2 aliphatic rings. The van der Waals surface area contributed by atoms with E-state index in [1.807, 2.05) is 24.3 Å². The Kier molecular flexibility index (Phi) is 5.48. The SMILES string of the molecule is N=C(N)c1ccc(CO[C@H]2CO[C@H]3[C@@H]2OC[C@H]3Oc2ccc(C(=N)N)cc2)cc1. The number of ether oxygens (including phenoxy) is 4. The normalized spacial score (nSPS) is 25.5. The van der Waals surface area contributed by atoms with Crippen molar-refractivity contribution in [2.24, 2.45) is 11.5 Å². The van der Waals surface area contributed by atoms with Crippen LogP contribution in [-0.2, 0) is 20.8 Å². The highest BCUT2D eigenvalue weighted by Crippen LogP contribution is 2.32. The lowest BCUT2D eigenvalue weighted by Crippen LogP contribution is -2.35. The fraction of sp³-hybridized carbons (Fsp3) is 0.333. The maximum atomic E-state index is 7.45. The summed E-state index contributed by atoms with van der Waals surface area (Å²) < 4.78 is 23.8. The Morgan fingerprint density at radius 1 is 0.828 bits per heavy atom. The topological polar surface area (TPSA) is 137 Å². The summed E-state index contributed by atoms with van der Waals surface area (Å²) in [7, 11) is 0. The summed E-state index contributed by atoms with van der Waals surface area (Å²) in [6, 6.07) is 14.5. The van der Waals surface area contributed by atoms with E-state index in [0.717, 1.165) is 5.56 Å². The molecule has 2 aromatic rings. The van der Waals surface area contributed by atoms with E-state index >= 15 is 0 Å². The van der Waals surface area contributed by atoms with Crippen LogP contribution in [0.2, 0.25) is 0 Å². The van der Waals surface area contributed by atoms with E-state index in [1.54, 1.807) is 24.3 Å². The van der Waals surface area contributed by atoms with Crippen molar-refractivity contribution in [3.63, 3.8) is 0 Å². The lowest BCUT2D eigenvalue weighted by Gasteiger charge is -2.18. The zero-order valence-electron chi connectivity index (χ0n) is 15.8. The minimum absolute atomic E-state index is 0.0239. The Labute approximate surface area is 168 Å². The highest BCUT2D eigenvalue weighted by molar-refractivity contribution is 5.95. The molecule has 8 heteroatoms. The summed E-state index contributed by atoms with van der Waals surface area (Å²) in [5.41, 5.74) is 13.3. The summed E-state index contributed by atoms with van der Waals surface area (Å²) in [6.45, 7) is 1.30. The van der Waals surface area contributed by atoms with Crippen molar-refractivity contribution in [1.29, 1.82) is 10.8 Å². The predicted octanol–water partition coefficient (Wildman–Crippen LogP) is 1.39. The van der Waals surface area contributed by atoms with Gasteiger partial charge in [-0.25, -0.2) is 0 Å². The van der Waals surface area contributed by atoms with Crippen LogP contribution in [0.1, 0.15) is 16.7 Å². The average molecular weight is 396 g/mol. The summed E-state index contributed by atoms with van der Waals surface area (Å²) in [4.78, 5) is 0. The molecule has 2 aliphatic heterocycles. The second-order valence-electron chi connectivity index (χ2n) is 7.15. The van der Waals surface area contributed by atoms with Crippen LogP contribution < -0.4 is 16.2 Å². The van der Waals surface area contributed by atoms with Gasteiger partial charge in [0.05, 0.1) is 19.8 Å². The third kappa shape index (κ3) is 4.24. The largest absolute Gasteiger partial charge is 0.485 e. The first kappa shape index (κ1) is 19.4. The van der Waals surface area contributed by atoms with Crippen LogP contribution >= 0.6 is 0 Å². The Hall–Kier alpha value is -2.94. The van der Waals surface area contributed by atoms with Crippen LogP contribution in [0.15, 0.2) is 48.5 Å². The number of amidine groups is 2. The molecule has 6 N–H and O–H groups in total. The van der Waals surface area contributed by atoms with Crippen molar-refractivity contribution in [3.05, 3.63) is 65.2 Å². The molecule has 0 aliphatic carbocycles. The Balaban J connectivity index is 1.31. The van der Waals surface area contributed by atoms with Gasteiger partial charge in [-0.2, -0.15) is 0 Å². The number of hydrogen-bond acceptors (Lipinski definition) is 6. The molecule has 2 aromatic carbocycles. The first-order valence-corrected chi connectivity index (χ1v) is 9.40. The highest BCUT2D eigenvalue weighted by Gasteiger charge is 2.49. The van der Waals surface area contributed by atoms with Gasteiger partial charge in [0.1, 0.15) is 35.7 Å². The molecule has 2 saturated heterocycles. The van der Waals surface area contributed by atoms with E-state index in [2.05, 4.69) is 0 Å². The maximum absolute atomic E-state index is 7.45. The van der Waals surface area contributed by atoms with E-state index in [-0.39, 0.29) is 36.1 Å². The summed E-state index contributed by atoms with van der Waals surface area (Å²) in [5.74, 6) is 0.754. The summed E-state index contributed by atoms with van der Waals surface area (Å²) in [6.07, 6.45) is -0.742. The Bertz CT molecular complexity index is 885. The number of fused-ring (bicyclic) bond motifs is 1. The highest BCUT2D eigenvalue weighted by atomic mass is 16.6. The van der Waals surface area contributed by atoms with Crippen molar-refractivity contribution in [3.8, 4) is 5.75 Å². The molecule has 8 nitrogen and oxygen atoms in total. The van der Waals surface area contributed by atoms with Crippen molar-refractivity contribution >= 4 is 11.7 Å². The second kappa shape index (κ2) is 8.20. The van der Waals surface area contributed by atoms with Crippen molar-refractivity contribution < 1.29 is 18.9 Å². The van der Waals surface area contributed by atoms with Crippen molar-refractivity contribution in [1.82, 2.24) is 0 Å². The van der Waals surface area contributed by atoms with Gasteiger partial charge in [-0.1, -0.05) is 24.3 Å². The molecule has 2 fully saturated rings. The van der Waals surface area contributed by atoms with Crippen LogP contribution in [0.4, 0.5) is 0 Å². The van der Waals surface area contributed by atoms with Gasteiger partial charge in [-0.05, 0) is 29.8 Å². The molecule has 4 rings (SSSR count). The Morgan fingerprint density at radius 2 is 1.34 bits per heavy atom. The number of hydrogen-bond donors (Lipinski definition) is 4. The third-order valence-corrected chi connectivity index (χ3v) is 5.14. The van der Waals surface area contributed by atoms with E-state index in [4.69, 9.17) is 41.2 Å². The van der Waals surface area contributed by atoms with E-state index in [0.29, 0.717) is 36.7 Å². The number of nitrogens with one attached hydrogen (secondary N) is 2. The van der Waals surface area contributed by atoms with E-state index in [1.165, 1.54) is 0 Å². The maximum Gasteiger partial charge on any atom is 0.151 e. The molecule has 4 atom stereocenters. The van der Waals surface area contributed by atoms with Crippen molar-refractivity contribution in [2.75, 3.05) is 13.2 Å². The number of nitrogen functional groups attached to an aromatic ring is 2. The van der Waals surface area contributed by atoms with Gasteiger partial charge in [0, 0.05) is 11.1 Å². The van der Waals surface area contributed by atoms with Gasteiger partial charge in [0.25, 0.3) is 0 Å². The predicted molar refractivity (Wildman–Crippen MR) is 107 cm³/mol. The lowest BCUT2D eigenvalue weighted by molar-refractivity contribution is -0.0425. The zero-order valence-corrected chi connectivity index (χ0v) is 15.8. The molecular weight excluding hydrogens is 372 g/mol. The molecular formula is C21H24N4O4. The minimum Gasteiger partial charge on any atom is -0.485 e. The standard InChI is InChI=1S/C21H24N4O4/c22-20(23)13-3-1-12(2-4-13)9-26-16-10-27-19-17(11-28-18(16)19)29-15-7-5-14(6-8-15)21(24)25/h1-8,16-19H,9-11H2,(H3,22,23)(H3,24,25)/t16-,17+,18+,19+/m0/s1. The van der Waals surface area contributed by atoms with Crippen LogP contribution in [0.25, 0.3) is 0 Å². The van der Waals surface area contributed by atoms with E-state index in [9.17, 15) is 0 Å². The van der Waals surface area contributed by atoms with Crippen LogP contribution in [0.5, 0.6) is 5.75 Å². The third-order valence-electron chi connectivity index (χ3n) is 5.14. The average Bonchev–Trinajstić information content (AvgIpc) is 3.30. The molecule has 2 heterocycles. The van der Waals surface area contributed by atoms with Crippen LogP contribution in [-0.4, -0.2) is 49.3 Å². The molecule has 0 spiro atoms. The molecule has 0 unspecified atom stereocenters. The van der Waals surface area contributed by atoms with Gasteiger partial charge in [0.2, 0.25) is 0 Å². The molecule has 0 amide bonds. The minimum atomic E-state index is -0.216. The van der Waals surface area contributed by atoms with Gasteiger partial charge in [-0.3, -0.25) is 10.8 Å². The van der Waals surface area contributed by atoms with Crippen LogP contribution in [0.3, 0.4) is 0 Å². The number of rotatable bonds is 7. The summed E-state index contributed by atoms with van der Waals surface area (Å²) in [5, 5.41) is 14.9.